The minimum atomic E-state index is -3.31. The first-order valence-corrected chi connectivity index (χ1v) is 10.1. The third kappa shape index (κ3) is 3.86. The van der Waals surface area contributed by atoms with Crippen LogP contribution in [0.2, 0.25) is 0 Å². The van der Waals surface area contributed by atoms with Crippen LogP contribution < -0.4 is 5.32 Å². The molecule has 0 spiro atoms. The van der Waals surface area contributed by atoms with Gasteiger partial charge in [-0.1, -0.05) is 13.8 Å². The molecule has 0 radical (unpaired) electrons. The van der Waals surface area contributed by atoms with Crippen molar-refractivity contribution in [1.82, 2.24) is 9.62 Å². The minimum Gasteiger partial charge on any atom is -0.314 e. The first-order chi connectivity index (χ1) is 9.98. The van der Waals surface area contributed by atoms with Gasteiger partial charge in [0.15, 0.2) is 0 Å². The summed E-state index contributed by atoms with van der Waals surface area (Å²) in [6.07, 6.45) is 2.94. The Hall–Kier alpha value is -0.430. The van der Waals surface area contributed by atoms with Gasteiger partial charge in [0, 0.05) is 24.0 Å². The van der Waals surface area contributed by atoms with Gasteiger partial charge in [-0.2, -0.15) is 4.31 Å². The molecule has 1 aromatic heterocycles. The molecule has 1 saturated heterocycles. The predicted molar refractivity (Wildman–Crippen MR) is 88.3 cm³/mol. The van der Waals surface area contributed by atoms with E-state index in [9.17, 15) is 8.42 Å². The lowest BCUT2D eigenvalue weighted by atomic mass is 9.93. The van der Waals surface area contributed by atoms with Crippen LogP contribution in [0.1, 0.15) is 38.5 Å². The van der Waals surface area contributed by atoms with E-state index >= 15 is 0 Å². The van der Waals surface area contributed by atoms with Crippen molar-refractivity contribution in [2.75, 3.05) is 19.6 Å². The maximum absolute atomic E-state index is 12.8. The third-order valence-corrected chi connectivity index (χ3v) is 7.80. The Morgan fingerprint density at radius 3 is 2.81 bits per heavy atom. The van der Waals surface area contributed by atoms with Crippen molar-refractivity contribution < 1.29 is 8.42 Å². The summed E-state index contributed by atoms with van der Waals surface area (Å²) in [4.78, 5) is 1.13. The van der Waals surface area contributed by atoms with Gasteiger partial charge in [0.1, 0.15) is 4.21 Å². The lowest BCUT2D eigenvalue weighted by Crippen LogP contribution is -2.46. The Labute approximate surface area is 132 Å². The summed E-state index contributed by atoms with van der Waals surface area (Å²) in [5, 5.41) is 3.42. The lowest BCUT2D eigenvalue weighted by molar-refractivity contribution is 0.225. The van der Waals surface area contributed by atoms with Crippen LogP contribution in [-0.4, -0.2) is 38.4 Å². The number of hydrogen-bond acceptors (Lipinski definition) is 4. The Kier molecular flexibility index (Phi) is 5.82. The van der Waals surface area contributed by atoms with E-state index < -0.39 is 10.0 Å². The fourth-order valence-corrected chi connectivity index (χ4v) is 5.89. The number of nitrogens with one attached hydrogen (secondary N) is 1. The molecule has 4 nitrogen and oxygen atoms in total. The monoisotopic (exact) mass is 330 g/mol. The zero-order valence-electron chi connectivity index (χ0n) is 13.1. The standard InChI is InChI=1S/C15H26N2O2S2/c1-4-14-8-9-15(20-14)21(18,19)17-10-6-7-13(11-17)12(3)16-5-2/h8-9,12-13,16H,4-7,10-11H2,1-3H3. The van der Waals surface area contributed by atoms with E-state index in [0.717, 1.165) is 30.7 Å². The molecule has 0 aromatic carbocycles. The molecule has 0 bridgehead atoms. The normalized spacial score (nSPS) is 22.3. The molecule has 2 heterocycles. The molecule has 1 aromatic rings. The minimum absolute atomic E-state index is 0.363. The van der Waals surface area contributed by atoms with Gasteiger partial charge in [0.05, 0.1) is 0 Å². The number of aryl methyl sites for hydroxylation is 1. The smallest absolute Gasteiger partial charge is 0.252 e. The van der Waals surface area contributed by atoms with E-state index in [1.807, 2.05) is 6.07 Å². The molecule has 120 valence electrons. The summed E-state index contributed by atoms with van der Waals surface area (Å²) in [5.41, 5.74) is 0. The molecule has 2 rings (SSSR count). The average Bonchev–Trinajstić information content (AvgIpc) is 2.97. The van der Waals surface area contributed by atoms with Crippen LogP contribution in [0.5, 0.6) is 0 Å². The highest BCUT2D eigenvalue weighted by molar-refractivity contribution is 7.91. The second kappa shape index (κ2) is 7.22. The fourth-order valence-electron chi connectivity index (χ4n) is 2.90. The maximum atomic E-state index is 12.8. The largest absolute Gasteiger partial charge is 0.314 e. The second-order valence-corrected chi connectivity index (χ2v) is 9.02. The van der Waals surface area contributed by atoms with E-state index in [1.54, 1.807) is 10.4 Å². The van der Waals surface area contributed by atoms with Gasteiger partial charge in [-0.15, -0.1) is 11.3 Å². The van der Waals surface area contributed by atoms with Gasteiger partial charge in [0.25, 0.3) is 10.0 Å². The van der Waals surface area contributed by atoms with Crippen molar-refractivity contribution in [1.29, 1.82) is 0 Å². The van der Waals surface area contributed by atoms with Crippen LogP contribution in [0.4, 0.5) is 0 Å². The molecule has 1 aliphatic heterocycles. The quantitative estimate of drug-likeness (QED) is 0.872. The first kappa shape index (κ1) is 16.9. The zero-order chi connectivity index (χ0) is 15.5. The fraction of sp³-hybridized carbons (Fsp3) is 0.733. The highest BCUT2D eigenvalue weighted by Crippen LogP contribution is 2.29. The molecule has 21 heavy (non-hydrogen) atoms. The molecule has 0 saturated carbocycles. The Morgan fingerprint density at radius 1 is 1.43 bits per heavy atom. The Balaban J connectivity index is 2.12. The van der Waals surface area contributed by atoms with Crippen molar-refractivity contribution in [2.45, 2.75) is 50.3 Å². The summed E-state index contributed by atoms with van der Waals surface area (Å²) in [5.74, 6) is 0.402. The summed E-state index contributed by atoms with van der Waals surface area (Å²) in [6, 6.07) is 4.05. The van der Waals surface area contributed by atoms with E-state index in [-0.39, 0.29) is 0 Å². The van der Waals surface area contributed by atoms with Crippen LogP contribution in [0.25, 0.3) is 0 Å². The van der Waals surface area contributed by atoms with Gasteiger partial charge in [0.2, 0.25) is 0 Å². The second-order valence-electron chi connectivity index (χ2n) is 5.69. The van der Waals surface area contributed by atoms with Crippen LogP contribution in [0.15, 0.2) is 16.3 Å². The van der Waals surface area contributed by atoms with Crippen molar-refractivity contribution in [3.05, 3.63) is 17.0 Å². The molecule has 2 unspecified atom stereocenters. The van der Waals surface area contributed by atoms with Crippen molar-refractivity contribution in [2.24, 2.45) is 5.92 Å². The molecule has 6 heteroatoms. The molecular weight excluding hydrogens is 304 g/mol. The van der Waals surface area contributed by atoms with Crippen molar-refractivity contribution in [3.8, 4) is 0 Å². The van der Waals surface area contributed by atoms with Gasteiger partial charge in [-0.25, -0.2) is 8.42 Å². The van der Waals surface area contributed by atoms with Gasteiger partial charge >= 0.3 is 0 Å². The molecule has 1 aliphatic rings. The molecule has 0 aliphatic carbocycles. The number of piperidine rings is 1. The molecule has 2 atom stereocenters. The first-order valence-electron chi connectivity index (χ1n) is 7.81. The van der Waals surface area contributed by atoms with Crippen molar-refractivity contribution >= 4 is 21.4 Å². The van der Waals surface area contributed by atoms with Gasteiger partial charge in [-0.3, -0.25) is 0 Å². The predicted octanol–water partition coefficient (Wildman–Crippen LogP) is 2.71. The summed E-state index contributed by atoms with van der Waals surface area (Å²) >= 11 is 1.41. The van der Waals surface area contributed by atoms with Crippen LogP contribution >= 0.6 is 11.3 Å². The van der Waals surface area contributed by atoms with Gasteiger partial charge in [-0.05, 0) is 50.8 Å². The maximum Gasteiger partial charge on any atom is 0.252 e. The SMILES string of the molecule is CCNC(C)C1CCCN(S(=O)(=O)c2ccc(CC)s2)C1. The van der Waals surface area contributed by atoms with Gasteiger partial charge < -0.3 is 5.32 Å². The number of sulfonamides is 1. The van der Waals surface area contributed by atoms with Crippen molar-refractivity contribution in [3.63, 3.8) is 0 Å². The average molecular weight is 331 g/mol. The molecular formula is C15H26N2O2S2. The lowest BCUT2D eigenvalue weighted by Gasteiger charge is -2.35. The Morgan fingerprint density at radius 2 is 2.19 bits per heavy atom. The third-order valence-electron chi connectivity index (χ3n) is 4.23. The van der Waals surface area contributed by atoms with E-state index in [2.05, 4.69) is 26.1 Å². The van der Waals surface area contributed by atoms with Crippen LogP contribution in [0.3, 0.4) is 0 Å². The highest BCUT2D eigenvalue weighted by atomic mass is 32.2. The van der Waals surface area contributed by atoms with Crippen LogP contribution in [-0.2, 0) is 16.4 Å². The number of thiophene rings is 1. The summed E-state index contributed by atoms with van der Waals surface area (Å²) < 4.78 is 27.7. The van der Waals surface area contributed by atoms with E-state index in [4.69, 9.17) is 0 Å². The molecule has 1 N–H and O–H groups in total. The number of hydrogen-bond donors (Lipinski definition) is 1. The highest BCUT2D eigenvalue weighted by Gasteiger charge is 2.32. The molecule has 1 fully saturated rings. The summed E-state index contributed by atoms with van der Waals surface area (Å²) in [7, 11) is -3.31. The molecule has 0 amide bonds. The van der Waals surface area contributed by atoms with E-state index in [1.165, 1.54) is 11.3 Å². The topological polar surface area (TPSA) is 49.4 Å². The summed E-state index contributed by atoms with van der Waals surface area (Å²) in [6.45, 7) is 8.51. The number of nitrogens with zero attached hydrogens (tertiary/aromatic N) is 1. The Bertz CT molecular complexity index is 554. The van der Waals surface area contributed by atoms with Crippen LogP contribution in [0, 0.1) is 5.92 Å². The number of rotatable bonds is 6. The zero-order valence-corrected chi connectivity index (χ0v) is 14.8. The van der Waals surface area contributed by atoms with E-state index in [0.29, 0.717) is 29.3 Å².